The Hall–Kier alpha value is -0.610. The fraction of sp³-hybridized carbons (Fsp3) is 0.857. The van der Waals surface area contributed by atoms with Crippen molar-refractivity contribution in [2.75, 3.05) is 6.61 Å². The minimum atomic E-state index is -1.11. The molecular formula is C7H14O4. The van der Waals surface area contributed by atoms with Gasteiger partial charge in [-0.2, -0.15) is 0 Å². The average molecular weight is 162 g/mol. The molecule has 0 aromatic rings. The Bertz CT molecular complexity index is 122. The summed E-state index contributed by atoms with van der Waals surface area (Å²) in [6.07, 6.45) is -1.20. The maximum atomic E-state index is 10.6. The second-order valence-corrected chi connectivity index (χ2v) is 2.37. The van der Waals surface area contributed by atoms with Crippen molar-refractivity contribution in [3.05, 3.63) is 0 Å². The number of hydrogen-bond donors (Lipinski definition) is 2. The lowest BCUT2D eigenvalue weighted by Gasteiger charge is -2.09. The Morgan fingerprint density at radius 2 is 2.09 bits per heavy atom. The zero-order valence-electron chi connectivity index (χ0n) is 6.78. The number of aliphatic hydroxyl groups is 2. The lowest BCUT2D eigenvalue weighted by molar-refractivity contribution is -0.155. The van der Waals surface area contributed by atoms with Crippen LogP contribution < -0.4 is 0 Å². The predicted octanol–water partition coefficient (Wildman–Crippen LogP) is -0.319. The van der Waals surface area contributed by atoms with E-state index in [1.54, 1.807) is 6.92 Å². The van der Waals surface area contributed by atoms with Crippen LogP contribution in [0.15, 0.2) is 0 Å². The summed E-state index contributed by atoms with van der Waals surface area (Å²) in [7, 11) is 0. The quantitative estimate of drug-likeness (QED) is 0.556. The molecule has 0 aliphatic carbocycles. The van der Waals surface area contributed by atoms with Gasteiger partial charge in [-0.3, -0.25) is 0 Å². The Morgan fingerprint density at radius 1 is 1.55 bits per heavy atom. The normalized spacial score (nSPS) is 15.6. The van der Waals surface area contributed by atoms with Gasteiger partial charge in [0.1, 0.15) is 12.7 Å². The minimum Gasteiger partial charge on any atom is -0.461 e. The maximum absolute atomic E-state index is 10.6. The van der Waals surface area contributed by atoms with Crippen molar-refractivity contribution in [3.8, 4) is 0 Å². The molecule has 0 aliphatic rings. The number of rotatable bonds is 4. The second kappa shape index (κ2) is 5.09. The van der Waals surface area contributed by atoms with E-state index in [0.29, 0.717) is 6.42 Å². The van der Waals surface area contributed by atoms with E-state index >= 15 is 0 Å². The number of aliphatic hydroxyl groups excluding tert-OH is 2. The van der Waals surface area contributed by atoms with Crippen LogP contribution in [0.1, 0.15) is 20.3 Å². The Kier molecular flexibility index (Phi) is 4.81. The molecule has 0 bridgehead atoms. The molecule has 0 saturated carbocycles. The minimum absolute atomic E-state index is 0.0414. The van der Waals surface area contributed by atoms with Gasteiger partial charge < -0.3 is 14.9 Å². The summed E-state index contributed by atoms with van der Waals surface area (Å²) in [5.74, 6) is -0.697. The summed E-state index contributed by atoms with van der Waals surface area (Å²) < 4.78 is 4.52. The zero-order valence-corrected chi connectivity index (χ0v) is 6.78. The third-order valence-electron chi connectivity index (χ3n) is 1.23. The first-order valence-corrected chi connectivity index (χ1v) is 3.60. The topological polar surface area (TPSA) is 66.8 Å². The maximum Gasteiger partial charge on any atom is 0.334 e. The van der Waals surface area contributed by atoms with E-state index in [-0.39, 0.29) is 6.61 Å². The first-order chi connectivity index (χ1) is 5.07. The Labute approximate surface area is 65.8 Å². The van der Waals surface area contributed by atoms with Gasteiger partial charge in [-0.05, 0) is 13.3 Å². The monoisotopic (exact) mass is 162 g/mol. The van der Waals surface area contributed by atoms with E-state index in [4.69, 9.17) is 10.2 Å². The molecule has 0 aromatic heterocycles. The summed E-state index contributed by atoms with van der Waals surface area (Å²) in [5, 5.41) is 17.6. The molecule has 11 heavy (non-hydrogen) atoms. The van der Waals surface area contributed by atoms with Gasteiger partial charge in [0.25, 0.3) is 0 Å². The van der Waals surface area contributed by atoms with E-state index in [9.17, 15) is 4.79 Å². The Morgan fingerprint density at radius 3 is 2.45 bits per heavy atom. The van der Waals surface area contributed by atoms with Gasteiger partial charge >= 0.3 is 5.97 Å². The van der Waals surface area contributed by atoms with Crippen LogP contribution in [0.5, 0.6) is 0 Å². The summed E-state index contributed by atoms with van der Waals surface area (Å²) in [5.41, 5.74) is 0. The van der Waals surface area contributed by atoms with Crippen molar-refractivity contribution in [1.82, 2.24) is 0 Å². The fourth-order valence-electron chi connectivity index (χ4n) is 0.417. The van der Waals surface area contributed by atoms with Gasteiger partial charge in [0.15, 0.2) is 0 Å². The van der Waals surface area contributed by atoms with Gasteiger partial charge in [0, 0.05) is 0 Å². The number of esters is 1. The van der Waals surface area contributed by atoms with Crippen LogP contribution >= 0.6 is 0 Å². The van der Waals surface area contributed by atoms with Crippen molar-refractivity contribution in [3.63, 3.8) is 0 Å². The predicted molar refractivity (Wildman–Crippen MR) is 38.9 cm³/mol. The number of hydrogen-bond acceptors (Lipinski definition) is 4. The highest BCUT2D eigenvalue weighted by atomic mass is 16.6. The number of carbonyl (C=O) groups is 1. The number of carbonyl (C=O) groups excluding carboxylic acids is 1. The molecule has 0 amide bonds. The molecule has 0 aromatic carbocycles. The fourth-order valence-corrected chi connectivity index (χ4v) is 0.417. The van der Waals surface area contributed by atoms with E-state index in [0.717, 1.165) is 0 Å². The standard InChI is InChI=1S/C7H14O4/c1-3-6(9)4-11-7(10)5(2)8/h5-6,8-9H,3-4H2,1-2H3/t5-,6-/m0/s1. The van der Waals surface area contributed by atoms with E-state index < -0.39 is 18.2 Å². The molecule has 0 saturated heterocycles. The highest BCUT2D eigenvalue weighted by Gasteiger charge is 2.11. The molecule has 0 heterocycles. The SMILES string of the molecule is CC[C@H](O)COC(=O)[C@H](C)O. The van der Waals surface area contributed by atoms with Crippen LogP contribution in [0.25, 0.3) is 0 Å². The average Bonchev–Trinajstić information content (AvgIpc) is 1.99. The molecule has 0 unspecified atom stereocenters. The first kappa shape index (κ1) is 10.4. The molecule has 2 N–H and O–H groups in total. The lowest BCUT2D eigenvalue weighted by atomic mass is 10.3. The van der Waals surface area contributed by atoms with Crippen LogP contribution in [0.4, 0.5) is 0 Å². The number of ether oxygens (including phenoxy) is 1. The van der Waals surface area contributed by atoms with Crippen LogP contribution in [0.2, 0.25) is 0 Å². The summed E-state index contributed by atoms with van der Waals surface area (Å²) in [6.45, 7) is 3.06. The van der Waals surface area contributed by atoms with E-state index in [2.05, 4.69) is 4.74 Å². The van der Waals surface area contributed by atoms with Crippen LogP contribution in [0.3, 0.4) is 0 Å². The van der Waals surface area contributed by atoms with Gasteiger partial charge in [-0.15, -0.1) is 0 Å². The van der Waals surface area contributed by atoms with Gasteiger partial charge in [-0.1, -0.05) is 6.92 Å². The summed E-state index contributed by atoms with van der Waals surface area (Å²) in [4.78, 5) is 10.6. The molecule has 0 fully saturated rings. The molecular weight excluding hydrogens is 148 g/mol. The molecule has 0 rings (SSSR count). The molecule has 0 aliphatic heterocycles. The van der Waals surface area contributed by atoms with Crippen LogP contribution in [-0.4, -0.2) is 35.0 Å². The van der Waals surface area contributed by atoms with Crippen molar-refractivity contribution in [2.45, 2.75) is 32.5 Å². The molecule has 4 nitrogen and oxygen atoms in total. The van der Waals surface area contributed by atoms with Gasteiger partial charge in [0.2, 0.25) is 0 Å². The molecule has 2 atom stereocenters. The van der Waals surface area contributed by atoms with Crippen molar-refractivity contribution < 1.29 is 19.7 Å². The van der Waals surface area contributed by atoms with Crippen molar-refractivity contribution >= 4 is 5.97 Å². The van der Waals surface area contributed by atoms with Crippen molar-refractivity contribution in [2.24, 2.45) is 0 Å². The third kappa shape index (κ3) is 4.75. The molecule has 0 spiro atoms. The second-order valence-electron chi connectivity index (χ2n) is 2.37. The first-order valence-electron chi connectivity index (χ1n) is 3.60. The summed E-state index contributed by atoms with van der Waals surface area (Å²) in [6, 6.07) is 0. The molecule has 0 radical (unpaired) electrons. The van der Waals surface area contributed by atoms with Crippen LogP contribution in [0, 0.1) is 0 Å². The highest BCUT2D eigenvalue weighted by molar-refractivity contribution is 5.73. The van der Waals surface area contributed by atoms with Crippen molar-refractivity contribution in [1.29, 1.82) is 0 Å². The highest BCUT2D eigenvalue weighted by Crippen LogP contribution is 1.93. The smallest absolute Gasteiger partial charge is 0.334 e. The molecule has 4 heteroatoms. The summed E-state index contributed by atoms with van der Waals surface area (Å²) >= 11 is 0. The third-order valence-corrected chi connectivity index (χ3v) is 1.23. The Balaban J connectivity index is 3.46. The molecule has 66 valence electrons. The largest absolute Gasteiger partial charge is 0.461 e. The van der Waals surface area contributed by atoms with E-state index in [1.807, 2.05) is 0 Å². The zero-order chi connectivity index (χ0) is 8.85. The lowest BCUT2D eigenvalue weighted by Crippen LogP contribution is -2.24. The van der Waals surface area contributed by atoms with E-state index in [1.165, 1.54) is 6.92 Å². The van der Waals surface area contributed by atoms with Crippen LogP contribution in [-0.2, 0) is 9.53 Å². The van der Waals surface area contributed by atoms with Gasteiger partial charge in [-0.25, -0.2) is 4.79 Å². The van der Waals surface area contributed by atoms with Gasteiger partial charge in [0.05, 0.1) is 6.10 Å².